The summed E-state index contributed by atoms with van der Waals surface area (Å²) in [4.78, 5) is 22.9. The quantitative estimate of drug-likeness (QED) is 0.774. The number of aliphatic carboxylic acids is 1. The van der Waals surface area contributed by atoms with E-state index in [0.29, 0.717) is 0 Å². The summed E-state index contributed by atoms with van der Waals surface area (Å²) in [5.74, 6) is -1.42. The second kappa shape index (κ2) is 4.38. The van der Waals surface area contributed by atoms with Crippen LogP contribution in [-0.2, 0) is 9.53 Å². The Morgan fingerprint density at radius 3 is 3.06 bits per heavy atom. The molecule has 1 aliphatic heterocycles. The van der Waals surface area contributed by atoms with Gasteiger partial charge in [0.1, 0.15) is 5.41 Å². The Balaban J connectivity index is 2.09. The second-order valence-corrected chi connectivity index (χ2v) is 4.61. The molecule has 0 aliphatic carbocycles. The van der Waals surface area contributed by atoms with E-state index in [0.717, 1.165) is 11.7 Å². The lowest BCUT2D eigenvalue weighted by molar-refractivity contribution is -0.148. The van der Waals surface area contributed by atoms with Gasteiger partial charge in [-0.25, -0.2) is 0 Å². The summed E-state index contributed by atoms with van der Waals surface area (Å²) >= 11 is 0.924. The average Bonchev–Trinajstić information content (AvgIpc) is 2.89. The maximum atomic E-state index is 11.7. The second-order valence-electron chi connectivity index (χ2n) is 4.06. The molecule has 92 valence electrons. The van der Waals surface area contributed by atoms with E-state index in [1.807, 2.05) is 0 Å². The van der Waals surface area contributed by atoms with Crippen LogP contribution in [0.5, 0.6) is 0 Å². The number of ether oxygens (including phenoxy) is 1. The first kappa shape index (κ1) is 11.9. The van der Waals surface area contributed by atoms with Gasteiger partial charge in [0.15, 0.2) is 5.69 Å². The normalized spacial score (nSPS) is 27.9. The van der Waals surface area contributed by atoms with Gasteiger partial charge in [0.25, 0.3) is 5.91 Å². The first-order valence-corrected chi connectivity index (χ1v) is 5.66. The van der Waals surface area contributed by atoms with E-state index in [1.54, 1.807) is 6.92 Å². The first-order chi connectivity index (χ1) is 8.04. The molecule has 1 fully saturated rings. The van der Waals surface area contributed by atoms with Gasteiger partial charge in [-0.15, -0.1) is 0 Å². The Morgan fingerprint density at radius 2 is 2.47 bits per heavy atom. The maximum absolute atomic E-state index is 11.7. The van der Waals surface area contributed by atoms with Crippen molar-refractivity contribution in [3.8, 4) is 0 Å². The lowest BCUT2D eigenvalue weighted by atomic mass is 9.85. The average molecular weight is 257 g/mol. The largest absolute Gasteiger partial charge is 0.481 e. The SMILES string of the molecule is CC1(C(=O)O)COCC1NC(=O)c1cnsn1. The van der Waals surface area contributed by atoms with E-state index >= 15 is 0 Å². The molecule has 2 N–H and O–H groups in total. The highest BCUT2D eigenvalue weighted by molar-refractivity contribution is 6.99. The number of carbonyl (C=O) groups is 2. The number of hydrogen-bond donors (Lipinski definition) is 2. The van der Waals surface area contributed by atoms with Crippen LogP contribution in [-0.4, -0.2) is 45.0 Å². The lowest BCUT2D eigenvalue weighted by Gasteiger charge is -2.24. The molecule has 0 saturated carbocycles. The standard InChI is InChI=1S/C9H11N3O4S/c1-9(8(14)15)4-16-3-6(9)11-7(13)5-2-10-17-12-5/h2,6H,3-4H2,1H3,(H,11,13)(H,14,15). The summed E-state index contributed by atoms with van der Waals surface area (Å²) in [5.41, 5.74) is -0.909. The van der Waals surface area contributed by atoms with Crippen molar-refractivity contribution in [2.75, 3.05) is 13.2 Å². The highest BCUT2D eigenvalue weighted by Gasteiger charge is 2.47. The number of rotatable bonds is 3. The van der Waals surface area contributed by atoms with Gasteiger partial charge in [0.05, 0.1) is 37.2 Å². The third kappa shape index (κ3) is 2.13. The molecule has 2 heterocycles. The molecule has 0 radical (unpaired) electrons. The molecule has 17 heavy (non-hydrogen) atoms. The number of nitrogens with zero attached hydrogens (tertiary/aromatic N) is 2. The molecular weight excluding hydrogens is 246 g/mol. The minimum Gasteiger partial charge on any atom is -0.481 e. The third-order valence-electron chi connectivity index (χ3n) is 2.84. The Hall–Kier alpha value is -1.54. The molecule has 2 atom stereocenters. The molecule has 0 spiro atoms. The van der Waals surface area contributed by atoms with E-state index < -0.39 is 23.3 Å². The Morgan fingerprint density at radius 1 is 1.71 bits per heavy atom. The van der Waals surface area contributed by atoms with Crippen molar-refractivity contribution in [2.24, 2.45) is 5.41 Å². The van der Waals surface area contributed by atoms with Crippen LogP contribution in [0.2, 0.25) is 0 Å². The van der Waals surface area contributed by atoms with Crippen LogP contribution in [0.4, 0.5) is 0 Å². The van der Waals surface area contributed by atoms with Crippen LogP contribution in [0.1, 0.15) is 17.4 Å². The summed E-state index contributed by atoms with van der Waals surface area (Å²) in [6.07, 6.45) is 1.34. The monoisotopic (exact) mass is 257 g/mol. The molecule has 2 rings (SSSR count). The number of hydrogen-bond acceptors (Lipinski definition) is 6. The maximum Gasteiger partial charge on any atom is 0.313 e. The van der Waals surface area contributed by atoms with Gasteiger partial charge in [0, 0.05) is 0 Å². The van der Waals surface area contributed by atoms with Gasteiger partial charge in [-0.2, -0.15) is 8.75 Å². The minimum absolute atomic E-state index is 0.0859. The molecular formula is C9H11N3O4S. The van der Waals surface area contributed by atoms with Crippen LogP contribution < -0.4 is 5.32 Å². The van der Waals surface area contributed by atoms with Crippen LogP contribution in [0.15, 0.2) is 6.20 Å². The topological polar surface area (TPSA) is 101 Å². The van der Waals surface area contributed by atoms with Gasteiger partial charge in [0.2, 0.25) is 0 Å². The highest BCUT2D eigenvalue weighted by Crippen LogP contribution is 2.28. The van der Waals surface area contributed by atoms with Crippen LogP contribution in [0.25, 0.3) is 0 Å². The summed E-state index contributed by atoms with van der Waals surface area (Å²) in [5, 5.41) is 11.7. The van der Waals surface area contributed by atoms with E-state index in [4.69, 9.17) is 9.84 Å². The van der Waals surface area contributed by atoms with Crippen LogP contribution in [0, 0.1) is 5.41 Å². The van der Waals surface area contributed by atoms with E-state index in [1.165, 1.54) is 6.20 Å². The molecule has 0 aromatic carbocycles. The summed E-state index contributed by atoms with van der Waals surface area (Å²) in [6, 6.07) is -0.561. The molecule has 1 aromatic heterocycles. The van der Waals surface area contributed by atoms with Crippen molar-refractivity contribution < 1.29 is 19.4 Å². The summed E-state index contributed by atoms with van der Waals surface area (Å²) in [6.45, 7) is 1.82. The van der Waals surface area contributed by atoms with E-state index in [-0.39, 0.29) is 18.9 Å². The fourth-order valence-electron chi connectivity index (χ4n) is 1.58. The number of nitrogens with one attached hydrogen (secondary N) is 1. The Labute approximate surface area is 101 Å². The van der Waals surface area contributed by atoms with Crippen molar-refractivity contribution in [2.45, 2.75) is 13.0 Å². The Bertz CT molecular complexity index is 435. The fourth-order valence-corrected chi connectivity index (χ4v) is 1.99. The number of carboxylic acids is 1. The van der Waals surface area contributed by atoms with E-state index in [9.17, 15) is 9.59 Å². The van der Waals surface area contributed by atoms with Gasteiger partial charge in [-0.1, -0.05) is 0 Å². The molecule has 7 nitrogen and oxygen atoms in total. The summed E-state index contributed by atoms with van der Waals surface area (Å²) in [7, 11) is 0. The van der Waals surface area contributed by atoms with Gasteiger partial charge >= 0.3 is 5.97 Å². The van der Waals surface area contributed by atoms with Crippen molar-refractivity contribution in [1.82, 2.24) is 14.1 Å². The van der Waals surface area contributed by atoms with Gasteiger partial charge in [-0.3, -0.25) is 9.59 Å². The van der Waals surface area contributed by atoms with Crippen LogP contribution >= 0.6 is 11.7 Å². The zero-order valence-corrected chi connectivity index (χ0v) is 9.86. The van der Waals surface area contributed by atoms with Crippen molar-refractivity contribution in [3.05, 3.63) is 11.9 Å². The number of carboxylic acid groups (broad SMARTS) is 1. The third-order valence-corrected chi connectivity index (χ3v) is 3.32. The van der Waals surface area contributed by atoms with Crippen molar-refractivity contribution in [1.29, 1.82) is 0 Å². The molecule has 1 amide bonds. The fraction of sp³-hybridized carbons (Fsp3) is 0.556. The number of amides is 1. The zero-order chi connectivity index (χ0) is 12.5. The zero-order valence-electron chi connectivity index (χ0n) is 9.04. The van der Waals surface area contributed by atoms with Crippen molar-refractivity contribution >= 4 is 23.6 Å². The summed E-state index contributed by atoms with van der Waals surface area (Å²) < 4.78 is 12.6. The lowest BCUT2D eigenvalue weighted by Crippen LogP contribution is -2.49. The van der Waals surface area contributed by atoms with Gasteiger partial charge < -0.3 is 15.2 Å². The molecule has 0 bridgehead atoms. The molecule has 8 heteroatoms. The van der Waals surface area contributed by atoms with E-state index in [2.05, 4.69) is 14.1 Å². The van der Waals surface area contributed by atoms with Gasteiger partial charge in [-0.05, 0) is 6.92 Å². The predicted octanol–water partition coefficient (Wildman–Crippen LogP) is -0.242. The molecule has 2 unspecified atom stereocenters. The number of carbonyl (C=O) groups excluding carboxylic acids is 1. The highest BCUT2D eigenvalue weighted by atomic mass is 32.1. The Kier molecular flexibility index (Phi) is 3.07. The number of aromatic nitrogens is 2. The minimum atomic E-state index is -1.10. The van der Waals surface area contributed by atoms with Crippen LogP contribution in [0.3, 0.4) is 0 Å². The predicted molar refractivity (Wildman–Crippen MR) is 57.7 cm³/mol. The smallest absolute Gasteiger partial charge is 0.313 e. The first-order valence-electron chi connectivity index (χ1n) is 4.93. The molecule has 1 aromatic rings. The van der Waals surface area contributed by atoms with Crippen molar-refractivity contribution in [3.63, 3.8) is 0 Å². The molecule has 1 aliphatic rings. The molecule has 1 saturated heterocycles.